The number of nitrogens with zero attached hydrogens (tertiary/aromatic N) is 3. The van der Waals surface area contributed by atoms with E-state index in [4.69, 9.17) is 0 Å². The zero-order valence-electron chi connectivity index (χ0n) is 10.9. The van der Waals surface area contributed by atoms with Gasteiger partial charge in [-0.25, -0.2) is 0 Å². The van der Waals surface area contributed by atoms with Gasteiger partial charge in [0.1, 0.15) is 11.6 Å². The summed E-state index contributed by atoms with van der Waals surface area (Å²) in [6.07, 6.45) is 1.07. The van der Waals surface area contributed by atoms with Crippen molar-refractivity contribution in [2.75, 3.05) is 0 Å². The van der Waals surface area contributed by atoms with Gasteiger partial charge in [0, 0.05) is 12.0 Å². The van der Waals surface area contributed by atoms with E-state index in [9.17, 15) is 0 Å². The average Bonchev–Trinajstić information content (AvgIpc) is 2.60. The van der Waals surface area contributed by atoms with Crippen molar-refractivity contribution in [3.05, 3.63) is 11.6 Å². The molecule has 0 aromatic carbocycles. The van der Waals surface area contributed by atoms with Crippen molar-refractivity contribution in [2.24, 2.45) is 5.92 Å². The van der Waals surface area contributed by atoms with Gasteiger partial charge >= 0.3 is 0 Å². The van der Waals surface area contributed by atoms with E-state index in [0.29, 0.717) is 5.92 Å². The van der Waals surface area contributed by atoms with Crippen molar-refractivity contribution in [1.82, 2.24) is 14.8 Å². The molecule has 3 nitrogen and oxygen atoms in total. The van der Waals surface area contributed by atoms with Crippen molar-refractivity contribution in [2.45, 2.75) is 58.3 Å². The molecule has 0 saturated carbocycles. The molecular formula is C12H22BrN3. The van der Waals surface area contributed by atoms with Crippen LogP contribution in [0.25, 0.3) is 0 Å². The maximum absolute atomic E-state index is 4.37. The molecule has 0 spiro atoms. The molecular weight excluding hydrogens is 266 g/mol. The number of rotatable bonds is 5. The first kappa shape index (κ1) is 13.7. The van der Waals surface area contributed by atoms with Crippen LogP contribution >= 0.6 is 15.9 Å². The lowest BCUT2D eigenvalue weighted by molar-refractivity contribution is 0.413. The van der Waals surface area contributed by atoms with Gasteiger partial charge in [0.2, 0.25) is 0 Å². The molecule has 0 radical (unpaired) electrons. The highest BCUT2D eigenvalue weighted by Crippen LogP contribution is 2.26. The second kappa shape index (κ2) is 5.30. The normalized spacial score (nSPS) is 12.4. The Kier molecular flexibility index (Phi) is 4.53. The smallest absolute Gasteiger partial charge is 0.143 e. The third kappa shape index (κ3) is 2.84. The predicted molar refractivity (Wildman–Crippen MR) is 70.8 cm³/mol. The first-order chi connectivity index (χ1) is 7.42. The van der Waals surface area contributed by atoms with E-state index in [1.807, 2.05) is 0 Å². The molecule has 1 aromatic heterocycles. The highest BCUT2D eigenvalue weighted by Gasteiger charge is 2.26. The fourth-order valence-corrected chi connectivity index (χ4v) is 2.06. The van der Waals surface area contributed by atoms with Crippen LogP contribution in [0, 0.1) is 5.92 Å². The SMILES string of the molecule is CCC(C)(C)c1nnc(CBr)n1CC(C)C. The topological polar surface area (TPSA) is 30.7 Å². The molecule has 4 heteroatoms. The van der Waals surface area contributed by atoms with Crippen LogP contribution in [-0.4, -0.2) is 14.8 Å². The number of halogens is 1. The van der Waals surface area contributed by atoms with Gasteiger partial charge in [0.15, 0.2) is 0 Å². The minimum atomic E-state index is 0.0995. The third-order valence-corrected chi connectivity index (χ3v) is 3.49. The lowest BCUT2D eigenvalue weighted by Gasteiger charge is -2.23. The Morgan fingerprint density at radius 1 is 1.31 bits per heavy atom. The Morgan fingerprint density at radius 3 is 2.38 bits per heavy atom. The maximum atomic E-state index is 4.37. The molecule has 0 unspecified atom stereocenters. The molecule has 92 valence electrons. The van der Waals surface area contributed by atoms with E-state index in [1.165, 1.54) is 0 Å². The van der Waals surface area contributed by atoms with Crippen molar-refractivity contribution in [1.29, 1.82) is 0 Å². The van der Waals surface area contributed by atoms with E-state index >= 15 is 0 Å². The monoisotopic (exact) mass is 287 g/mol. The molecule has 0 N–H and O–H groups in total. The summed E-state index contributed by atoms with van der Waals surface area (Å²) in [5, 5.41) is 9.40. The Bertz CT molecular complexity index is 342. The fraction of sp³-hybridized carbons (Fsp3) is 0.833. The molecule has 1 aromatic rings. The van der Waals surface area contributed by atoms with E-state index < -0.39 is 0 Å². The van der Waals surface area contributed by atoms with Crippen LogP contribution < -0.4 is 0 Å². The van der Waals surface area contributed by atoms with Crippen LogP contribution in [0.4, 0.5) is 0 Å². The molecule has 1 rings (SSSR count). The van der Waals surface area contributed by atoms with Crippen LogP contribution in [0.2, 0.25) is 0 Å². The maximum Gasteiger partial charge on any atom is 0.143 e. The average molecular weight is 288 g/mol. The van der Waals surface area contributed by atoms with E-state index in [2.05, 4.69) is 65.3 Å². The summed E-state index contributed by atoms with van der Waals surface area (Å²) in [6, 6.07) is 0. The number of hydrogen-bond donors (Lipinski definition) is 0. The van der Waals surface area contributed by atoms with Gasteiger partial charge in [-0.15, -0.1) is 10.2 Å². The first-order valence-electron chi connectivity index (χ1n) is 5.91. The van der Waals surface area contributed by atoms with Gasteiger partial charge < -0.3 is 4.57 Å². The van der Waals surface area contributed by atoms with Gasteiger partial charge in [-0.3, -0.25) is 0 Å². The molecule has 0 aliphatic heterocycles. The van der Waals surface area contributed by atoms with E-state index in [-0.39, 0.29) is 5.41 Å². The molecule has 0 saturated heterocycles. The van der Waals surface area contributed by atoms with Crippen LogP contribution in [0.1, 0.15) is 52.7 Å². The Labute approximate surface area is 107 Å². The second-order valence-electron chi connectivity index (χ2n) is 5.32. The summed E-state index contributed by atoms with van der Waals surface area (Å²) < 4.78 is 2.27. The van der Waals surface area contributed by atoms with Crippen LogP contribution in [0.15, 0.2) is 0 Å². The van der Waals surface area contributed by atoms with E-state index in [1.54, 1.807) is 0 Å². The summed E-state index contributed by atoms with van der Waals surface area (Å²) >= 11 is 3.48. The minimum absolute atomic E-state index is 0.0995. The molecule has 0 aliphatic carbocycles. The summed E-state index contributed by atoms with van der Waals surface area (Å²) in [5.41, 5.74) is 0.0995. The summed E-state index contributed by atoms with van der Waals surface area (Å²) in [7, 11) is 0. The van der Waals surface area contributed by atoms with Crippen molar-refractivity contribution in [3.63, 3.8) is 0 Å². The van der Waals surface area contributed by atoms with Gasteiger partial charge in [0.05, 0.1) is 5.33 Å². The molecule has 16 heavy (non-hydrogen) atoms. The molecule has 0 aliphatic rings. The standard InChI is InChI=1S/C12H22BrN3/c1-6-12(4,5)11-15-14-10(7-13)16(11)8-9(2)3/h9H,6-8H2,1-5H3. The molecule has 1 heterocycles. The largest absolute Gasteiger partial charge is 0.314 e. The summed E-state index contributed by atoms with van der Waals surface area (Å²) in [6.45, 7) is 12.1. The highest BCUT2D eigenvalue weighted by atomic mass is 79.9. The number of alkyl halides is 1. The summed E-state index contributed by atoms with van der Waals surface area (Å²) in [5.74, 6) is 2.75. The Balaban J connectivity index is 3.14. The lowest BCUT2D eigenvalue weighted by Crippen LogP contribution is -2.24. The lowest BCUT2D eigenvalue weighted by atomic mass is 9.89. The zero-order valence-corrected chi connectivity index (χ0v) is 12.5. The molecule has 0 atom stereocenters. The van der Waals surface area contributed by atoms with Crippen molar-refractivity contribution in [3.8, 4) is 0 Å². The van der Waals surface area contributed by atoms with Crippen molar-refractivity contribution < 1.29 is 0 Å². The zero-order chi connectivity index (χ0) is 12.3. The summed E-state index contributed by atoms with van der Waals surface area (Å²) in [4.78, 5) is 0. The molecule has 0 fully saturated rings. The number of hydrogen-bond acceptors (Lipinski definition) is 2. The second-order valence-corrected chi connectivity index (χ2v) is 5.88. The minimum Gasteiger partial charge on any atom is -0.314 e. The van der Waals surface area contributed by atoms with Gasteiger partial charge in [-0.2, -0.15) is 0 Å². The Hall–Kier alpha value is -0.380. The van der Waals surface area contributed by atoms with Crippen LogP contribution in [0.3, 0.4) is 0 Å². The van der Waals surface area contributed by atoms with Crippen LogP contribution in [-0.2, 0) is 17.3 Å². The van der Waals surface area contributed by atoms with E-state index in [0.717, 1.165) is 29.9 Å². The third-order valence-electron chi connectivity index (χ3n) is 2.98. The predicted octanol–water partition coefficient (Wildman–Crippen LogP) is 3.52. The van der Waals surface area contributed by atoms with Crippen molar-refractivity contribution >= 4 is 15.9 Å². The number of aromatic nitrogens is 3. The van der Waals surface area contributed by atoms with Gasteiger partial charge in [-0.1, -0.05) is 50.5 Å². The molecule has 0 amide bonds. The Morgan fingerprint density at radius 2 is 1.94 bits per heavy atom. The quantitative estimate of drug-likeness (QED) is 0.776. The van der Waals surface area contributed by atoms with Crippen LogP contribution in [0.5, 0.6) is 0 Å². The first-order valence-corrected chi connectivity index (χ1v) is 7.03. The molecule has 0 bridgehead atoms. The van der Waals surface area contributed by atoms with Gasteiger partial charge in [0.25, 0.3) is 0 Å². The van der Waals surface area contributed by atoms with Gasteiger partial charge in [-0.05, 0) is 12.3 Å². The fourth-order valence-electron chi connectivity index (χ4n) is 1.65. The highest BCUT2D eigenvalue weighted by molar-refractivity contribution is 9.08.